The van der Waals surface area contributed by atoms with Crippen LogP contribution in [0.15, 0.2) is 221 Å². The number of nitrogens with zero attached hydrogens (tertiary/aromatic N) is 2. The highest BCUT2D eigenvalue weighted by atomic mass is 16.3. The Balaban J connectivity index is 1.01. The van der Waals surface area contributed by atoms with Crippen LogP contribution < -0.4 is 0 Å². The zero-order valence-corrected chi connectivity index (χ0v) is 34.9. The van der Waals surface area contributed by atoms with Crippen molar-refractivity contribution in [2.75, 3.05) is 0 Å². The second kappa shape index (κ2) is 14.1. The number of benzene rings is 9. The van der Waals surface area contributed by atoms with Crippen molar-refractivity contribution < 1.29 is 8.83 Å². The molecule has 0 radical (unpaired) electrons. The topological polar surface area (TPSA) is 52.1 Å². The molecule has 64 heavy (non-hydrogen) atoms. The van der Waals surface area contributed by atoms with Gasteiger partial charge < -0.3 is 8.83 Å². The first kappa shape index (κ1) is 36.3. The minimum atomic E-state index is -0.334. The third-order valence-electron chi connectivity index (χ3n) is 13.4. The van der Waals surface area contributed by atoms with Crippen molar-refractivity contribution in [2.45, 2.75) is 12.3 Å². The monoisotopic (exact) mass is 818 g/mol. The van der Waals surface area contributed by atoms with Gasteiger partial charge in [-0.1, -0.05) is 158 Å². The zero-order valence-electron chi connectivity index (χ0n) is 34.9. The van der Waals surface area contributed by atoms with Gasteiger partial charge >= 0.3 is 0 Å². The number of fused-ring (bicyclic) bond motifs is 9. The lowest BCUT2D eigenvalue weighted by molar-refractivity contribution is 0.668. The average molecular weight is 819 g/mol. The summed E-state index contributed by atoms with van der Waals surface area (Å²) in [5.74, 6) is 0.678. The normalized spacial score (nSPS) is 14.4. The molecule has 13 rings (SSSR count). The largest absolute Gasteiger partial charge is 0.456 e. The van der Waals surface area contributed by atoms with Gasteiger partial charge in [-0.15, -0.1) is 0 Å². The summed E-state index contributed by atoms with van der Waals surface area (Å²) in [4.78, 5) is 10.6. The Hall–Kier alpha value is -8.34. The molecule has 1 atom stereocenters. The van der Waals surface area contributed by atoms with Crippen LogP contribution in [0.4, 0.5) is 0 Å². The molecule has 0 N–H and O–H groups in total. The predicted molar refractivity (Wildman–Crippen MR) is 261 cm³/mol. The Labute approximate surface area is 369 Å². The molecule has 0 amide bonds. The van der Waals surface area contributed by atoms with Gasteiger partial charge in [-0.2, -0.15) is 0 Å². The third kappa shape index (κ3) is 5.62. The fourth-order valence-electron chi connectivity index (χ4n) is 10.2. The Morgan fingerprint density at radius 2 is 0.828 bits per heavy atom. The molecule has 9 aromatic carbocycles. The Morgan fingerprint density at radius 1 is 0.328 bits per heavy atom. The van der Waals surface area contributed by atoms with E-state index in [0.717, 1.165) is 94.2 Å². The summed E-state index contributed by atoms with van der Waals surface area (Å²) in [6, 6.07) is 75.3. The molecule has 0 saturated carbocycles. The molecule has 1 unspecified atom stereocenters. The second-order valence-electron chi connectivity index (χ2n) is 17.0. The highest BCUT2D eigenvalue weighted by molar-refractivity contribution is 6.08. The first-order valence-corrected chi connectivity index (χ1v) is 21.8. The number of para-hydroxylation sites is 2. The van der Waals surface area contributed by atoms with E-state index in [1.54, 1.807) is 0 Å². The minimum absolute atomic E-state index is 0.334. The second-order valence-corrected chi connectivity index (χ2v) is 17.0. The quantitative estimate of drug-likeness (QED) is 0.168. The van der Waals surface area contributed by atoms with E-state index in [9.17, 15) is 0 Å². The highest BCUT2D eigenvalue weighted by Gasteiger charge is 2.40. The number of rotatable bonds is 6. The molecule has 4 heteroatoms. The van der Waals surface area contributed by atoms with Gasteiger partial charge in [0.2, 0.25) is 0 Å². The SMILES string of the molecule is CC1(c2ccccc2)c2ccccc2-c2ccc(-c3cc(-c4ccc(-c5ccc6oc7ccccc7c6c5)c(-c5ccc6oc7ccccc7c6c5)c4)nc(-c4ccccc4)n3)cc21. The van der Waals surface area contributed by atoms with Crippen LogP contribution in [0.2, 0.25) is 0 Å². The van der Waals surface area contributed by atoms with Gasteiger partial charge in [0.1, 0.15) is 22.3 Å². The number of hydrogen-bond donors (Lipinski definition) is 0. The van der Waals surface area contributed by atoms with Gasteiger partial charge in [0.05, 0.1) is 11.4 Å². The maximum absolute atomic E-state index is 6.30. The predicted octanol–water partition coefficient (Wildman–Crippen LogP) is 15.9. The Bertz CT molecular complexity index is 3810. The lowest BCUT2D eigenvalue weighted by Gasteiger charge is -2.28. The van der Waals surface area contributed by atoms with Crippen LogP contribution in [0.25, 0.3) is 111 Å². The van der Waals surface area contributed by atoms with E-state index in [4.69, 9.17) is 18.8 Å². The van der Waals surface area contributed by atoms with E-state index >= 15 is 0 Å². The summed E-state index contributed by atoms with van der Waals surface area (Å²) < 4.78 is 12.6. The van der Waals surface area contributed by atoms with Crippen molar-refractivity contribution in [1.29, 1.82) is 0 Å². The minimum Gasteiger partial charge on any atom is -0.456 e. The first-order chi connectivity index (χ1) is 31.6. The lowest BCUT2D eigenvalue weighted by Crippen LogP contribution is -2.22. The molecule has 300 valence electrons. The van der Waals surface area contributed by atoms with Crippen molar-refractivity contribution in [2.24, 2.45) is 0 Å². The van der Waals surface area contributed by atoms with Crippen LogP contribution in [-0.4, -0.2) is 9.97 Å². The standard InChI is InChI=1S/C60H38N2O2/c1-60(42-16-6-3-7-17-42)51-21-11-8-18-44(51)45-29-25-41(35-52(45)60)54-36-53(61-59(62-54)37-14-4-2-5-15-37)40-24-28-43(38-26-30-57-49(32-38)46-19-9-12-22-55(46)63-57)48(34-40)39-27-31-58-50(33-39)47-20-10-13-23-56(47)64-58/h2-36H,1H3. The molecule has 0 fully saturated rings. The maximum Gasteiger partial charge on any atom is 0.160 e. The van der Waals surface area contributed by atoms with Gasteiger partial charge in [-0.25, -0.2) is 9.97 Å². The van der Waals surface area contributed by atoms with E-state index in [-0.39, 0.29) is 5.41 Å². The maximum atomic E-state index is 6.30. The van der Waals surface area contributed by atoms with E-state index in [1.807, 2.05) is 42.5 Å². The molecule has 3 heterocycles. The van der Waals surface area contributed by atoms with Gasteiger partial charge in [0, 0.05) is 43.7 Å². The summed E-state index contributed by atoms with van der Waals surface area (Å²) in [5, 5.41) is 4.37. The molecular formula is C60H38N2O2. The highest BCUT2D eigenvalue weighted by Crippen LogP contribution is 2.53. The van der Waals surface area contributed by atoms with Gasteiger partial charge in [-0.3, -0.25) is 0 Å². The smallest absolute Gasteiger partial charge is 0.160 e. The van der Waals surface area contributed by atoms with Crippen molar-refractivity contribution >= 4 is 43.9 Å². The van der Waals surface area contributed by atoms with Crippen LogP contribution in [0.3, 0.4) is 0 Å². The molecule has 3 aromatic heterocycles. The molecule has 1 aliphatic rings. The van der Waals surface area contributed by atoms with Crippen molar-refractivity contribution in [1.82, 2.24) is 9.97 Å². The molecule has 0 bridgehead atoms. The summed E-state index contributed by atoms with van der Waals surface area (Å²) >= 11 is 0. The molecule has 12 aromatic rings. The first-order valence-electron chi connectivity index (χ1n) is 21.8. The average Bonchev–Trinajstić information content (AvgIpc) is 4.01. The fraction of sp³-hybridized carbons (Fsp3) is 0.0333. The summed E-state index contributed by atoms with van der Waals surface area (Å²) in [7, 11) is 0. The third-order valence-corrected chi connectivity index (χ3v) is 13.4. The van der Waals surface area contributed by atoms with E-state index in [0.29, 0.717) is 5.82 Å². The number of hydrogen-bond acceptors (Lipinski definition) is 4. The van der Waals surface area contributed by atoms with Gasteiger partial charge in [0.25, 0.3) is 0 Å². The van der Waals surface area contributed by atoms with Crippen LogP contribution in [0, 0.1) is 0 Å². The van der Waals surface area contributed by atoms with Gasteiger partial charge in [-0.05, 0) is 112 Å². The van der Waals surface area contributed by atoms with Crippen molar-refractivity contribution in [3.63, 3.8) is 0 Å². The molecule has 0 saturated heterocycles. The molecular weight excluding hydrogens is 781 g/mol. The molecule has 0 spiro atoms. The Kier molecular flexibility index (Phi) is 8.00. The van der Waals surface area contributed by atoms with Crippen LogP contribution in [0.5, 0.6) is 0 Å². The summed E-state index contributed by atoms with van der Waals surface area (Å²) in [6.07, 6.45) is 0. The molecule has 1 aliphatic carbocycles. The van der Waals surface area contributed by atoms with E-state index < -0.39 is 0 Å². The summed E-state index contributed by atoms with van der Waals surface area (Å²) in [6.45, 7) is 2.36. The van der Waals surface area contributed by atoms with Crippen molar-refractivity contribution in [3.8, 4) is 67.3 Å². The zero-order chi connectivity index (χ0) is 42.4. The van der Waals surface area contributed by atoms with Crippen LogP contribution in [0.1, 0.15) is 23.6 Å². The molecule has 4 nitrogen and oxygen atoms in total. The number of aromatic nitrogens is 2. The Morgan fingerprint density at radius 3 is 1.50 bits per heavy atom. The fourth-order valence-corrected chi connectivity index (χ4v) is 10.2. The van der Waals surface area contributed by atoms with E-state index in [1.165, 1.54) is 27.8 Å². The van der Waals surface area contributed by atoms with Crippen LogP contribution in [-0.2, 0) is 5.41 Å². The molecule has 0 aliphatic heterocycles. The van der Waals surface area contributed by atoms with Crippen molar-refractivity contribution in [3.05, 3.63) is 229 Å². The summed E-state index contributed by atoms with van der Waals surface area (Å²) in [5.41, 5.74) is 18.7. The van der Waals surface area contributed by atoms with E-state index in [2.05, 4.69) is 177 Å². The lowest BCUT2D eigenvalue weighted by atomic mass is 9.74. The van der Waals surface area contributed by atoms with Crippen LogP contribution >= 0.6 is 0 Å². The number of furan rings is 2. The van der Waals surface area contributed by atoms with Gasteiger partial charge in [0.15, 0.2) is 5.82 Å².